The number of hydrogen-bond donors (Lipinski definition) is 2. The zero-order chi connectivity index (χ0) is 13.8. The third-order valence-electron chi connectivity index (χ3n) is 4.86. The van der Waals surface area contributed by atoms with Crippen molar-refractivity contribution in [3.05, 3.63) is 18.2 Å². The Morgan fingerprint density at radius 1 is 1.35 bits per heavy atom. The van der Waals surface area contributed by atoms with E-state index in [2.05, 4.69) is 15.3 Å². The van der Waals surface area contributed by atoms with Crippen molar-refractivity contribution in [2.45, 2.75) is 57.3 Å². The predicted octanol–water partition coefficient (Wildman–Crippen LogP) is 2.99. The zero-order valence-corrected chi connectivity index (χ0v) is 12.1. The Labute approximate surface area is 120 Å². The van der Waals surface area contributed by atoms with Gasteiger partial charge in [0.15, 0.2) is 0 Å². The molecule has 0 radical (unpaired) electrons. The first kappa shape index (κ1) is 13.7. The SMILES string of the molecule is O=C(NCCCC1CCCCC1)C1CC1c1cnc[nH]1. The summed E-state index contributed by atoms with van der Waals surface area (Å²) in [5.74, 6) is 1.69. The summed E-state index contributed by atoms with van der Waals surface area (Å²) in [7, 11) is 0. The van der Waals surface area contributed by atoms with Crippen molar-refractivity contribution in [3.63, 3.8) is 0 Å². The summed E-state index contributed by atoms with van der Waals surface area (Å²) in [5, 5.41) is 3.10. The molecule has 2 aliphatic carbocycles. The molecule has 2 atom stereocenters. The minimum Gasteiger partial charge on any atom is -0.356 e. The van der Waals surface area contributed by atoms with Crippen LogP contribution in [0.15, 0.2) is 12.5 Å². The van der Waals surface area contributed by atoms with E-state index in [-0.39, 0.29) is 11.8 Å². The first-order valence-corrected chi connectivity index (χ1v) is 8.10. The van der Waals surface area contributed by atoms with Crippen LogP contribution < -0.4 is 5.32 Å². The van der Waals surface area contributed by atoms with Crippen molar-refractivity contribution in [2.24, 2.45) is 11.8 Å². The molecular formula is C16H25N3O. The minimum atomic E-state index is 0.171. The second kappa shape index (κ2) is 6.42. The molecule has 0 aromatic carbocycles. The summed E-state index contributed by atoms with van der Waals surface area (Å²) in [6, 6.07) is 0. The van der Waals surface area contributed by atoms with Gasteiger partial charge < -0.3 is 10.3 Å². The van der Waals surface area contributed by atoms with Crippen LogP contribution in [0.25, 0.3) is 0 Å². The number of carbonyl (C=O) groups is 1. The lowest BCUT2D eigenvalue weighted by atomic mass is 9.86. The monoisotopic (exact) mass is 275 g/mol. The summed E-state index contributed by atoms with van der Waals surface area (Å²) in [6.45, 7) is 0.849. The fourth-order valence-electron chi connectivity index (χ4n) is 3.51. The molecule has 2 aliphatic rings. The lowest BCUT2D eigenvalue weighted by Gasteiger charge is -2.21. The zero-order valence-electron chi connectivity index (χ0n) is 12.1. The summed E-state index contributed by atoms with van der Waals surface area (Å²) in [5.41, 5.74) is 1.10. The molecule has 2 unspecified atom stereocenters. The Morgan fingerprint density at radius 2 is 2.20 bits per heavy atom. The largest absolute Gasteiger partial charge is 0.356 e. The lowest BCUT2D eigenvalue weighted by molar-refractivity contribution is -0.122. The molecule has 1 aromatic heterocycles. The summed E-state index contributed by atoms with van der Waals surface area (Å²) < 4.78 is 0. The van der Waals surface area contributed by atoms with Crippen LogP contribution >= 0.6 is 0 Å². The van der Waals surface area contributed by atoms with Crippen LogP contribution in [0.3, 0.4) is 0 Å². The number of nitrogens with one attached hydrogen (secondary N) is 2. The van der Waals surface area contributed by atoms with Crippen LogP contribution in [0.2, 0.25) is 0 Å². The van der Waals surface area contributed by atoms with Crippen LogP contribution in [0.5, 0.6) is 0 Å². The summed E-state index contributed by atoms with van der Waals surface area (Å²) in [6.07, 6.45) is 14.0. The molecule has 2 fully saturated rings. The van der Waals surface area contributed by atoms with Crippen molar-refractivity contribution in [1.29, 1.82) is 0 Å². The van der Waals surface area contributed by atoms with Crippen LogP contribution in [0, 0.1) is 11.8 Å². The molecule has 2 N–H and O–H groups in total. The van der Waals surface area contributed by atoms with Crippen molar-refractivity contribution < 1.29 is 4.79 Å². The second-order valence-corrected chi connectivity index (χ2v) is 6.39. The lowest BCUT2D eigenvalue weighted by Crippen LogP contribution is -2.26. The van der Waals surface area contributed by atoms with E-state index in [4.69, 9.17) is 0 Å². The van der Waals surface area contributed by atoms with E-state index in [1.54, 1.807) is 6.33 Å². The Morgan fingerprint density at radius 3 is 2.95 bits per heavy atom. The van der Waals surface area contributed by atoms with E-state index in [1.807, 2.05) is 6.20 Å². The molecule has 0 bridgehead atoms. The number of H-pyrrole nitrogens is 1. The van der Waals surface area contributed by atoms with Crippen molar-refractivity contribution in [1.82, 2.24) is 15.3 Å². The third-order valence-corrected chi connectivity index (χ3v) is 4.86. The number of aromatic nitrogens is 2. The predicted molar refractivity (Wildman–Crippen MR) is 78.3 cm³/mol. The second-order valence-electron chi connectivity index (χ2n) is 6.39. The topological polar surface area (TPSA) is 57.8 Å². The Bertz CT molecular complexity index is 423. The average Bonchev–Trinajstić information content (AvgIpc) is 3.10. The fourth-order valence-corrected chi connectivity index (χ4v) is 3.51. The Balaban J connectivity index is 1.30. The van der Waals surface area contributed by atoms with Crippen LogP contribution in [-0.4, -0.2) is 22.4 Å². The van der Waals surface area contributed by atoms with E-state index in [0.29, 0.717) is 5.92 Å². The molecule has 4 nitrogen and oxygen atoms in total. The number of aromatic amines is 1. The van der Waals surface area contributed by atoms with E-state index in [1.165, 1.54) is 38.5 Å². The molecule has 4 heteroatoms. The van der Waals surface area contributed by atoms with Gasteiger partial charge in [-0.1, -0.05) is 32.1 Å². The van der Waals surface area contributed by atoms with E-state index in [0.717, 1.165) is 31.0 Å². The number of amides is 1. The van der Waals surface area contributed by atoms with Crippen molar-refractivity contribution >= 4 is 5.91 Å². The Hall–Kier alpha value is -1.32. The first-order valence-electron chi connectivity index (χ1n) is 8.10. The number of rotatable bonds is 6. The molecule has 1 heterocycles. The van der Waals surface area contributed by atoms with Gasteiger partial charge >= 0.3 is 0 Å². The maximum Gasteiger partial charge on any atom is 0.223 e. The fraction of sp³-hybridized carbons (Fsp3) is 0.750. The van der Waals surface area contributed by atoms with Gasteiger partial charge in [-0.25, -0.2) is 4.98 Å². The van der Waals surface area contributed by atoms with Crippen molar-refractivity contribution in [2.75, 3.05) is 6.54 Å². The van der Waals surface area contributed by atoms with Gasteiger partial charge in [-0.3, -0.25) is 4.79 Å². The van der Waals surface area contributed by atoms with E-state index >= 15 is 0 Å². The molecule has 0 saturated heterocycles. The molecule has 3 rings (SSSR count). The normalized spacial score (nSPS) is 26.4. The Kier molecular flexibility index (Phi) is 4.38. The maximum absolute atomic E-state index is 12.0. The molecule has 20 heavy (non-hydrogen) atoms. The molecule has 110 valence electrons. The van der Waals surface area contributed by atoms with Gasteiger partial charge in [0.2, 0.25) is 5.91 Å². The molecule has 1 amide bonds. The van der Waals surface area contributed by atoms with Gasteiger partial charge in [-0.15, -0.1) is 0 Å². The number of imidazole rings is 1. The van der Waals surface area contributed by atoms with Gasteiger partial charge in [-0.05, 0) is 25.2 Å². The highest BCUT2D eigenvalue weighted by molar-refractivity contribution is 5.82. The summed E-state index contributed by atoms with van der Waals surface area (Å²) in [4.78, 5) is 19.1. The third kappa shape index (κ3) is 3.41. The van der Waals surface area contributed by atoms with Gasteiger partial charge in [-0.2, -0.15) is 0 Å². The molecule has 2 saturated carbocycles. The van der Waals surface area contributed by atoms with E-state index < -0.39 is 0 Å². The van der Waals surface area contributed by atoms with Gasteiger partial charge in [0.05, 0.1) is 6.33 Å². The molecule has 0 spiro atoms. The first-order chi connectivity index (χ1) is 9.84. The van der Waals surface area contributed by atoms with Crippen LogP contribution in [-0.2, 0) is 4.79 Å². The molecule has 1 aromatic rings. The minimum absolute atomic E-state index is 0.171. The maximum atomic E-state index is 12.0. The number of carbonyl (C=O) groups excluding carboxylic acids is 1. The van der Waals surface area contributed by atoms with E-state index in [9.17, 15) is 4.79 Å². The highest BCUT2D eigenvalue weighted by Crippen LogP contribution is 2.46. The van der Waals surface area contributed by atoms with Gasteiger partial charge in [0.1, 0.15) is 0 Å². The van der Waals surface area contributed by atoms with Gasteiger partial charge in [0.25, 0.3) is 0 Å². The van der Waals surface area contributed by atoms with Gasteiger partial charge in [0, 0.05) is 30.3 Å². The van der Waals surface area contributed by atoms with Crippen LogP contribution in [0.4, 0.5) is 0 Å². The average molecular weight is 275 g/mol. The number of hydrogen-bond acceptors (Lipinski definition) is 2. The van der Waals surface area contributed by atoms with Crippen molar-refractivity contribution in [3.8, 4) is 0 Å². The molecular weight excluding hydrogens is 250 g/mol. The highest BCUT2D eigenvalue weighted by atomic mass is 16.2. The number of nitrogens with zero attached hydrogens (tertiary/aromatic N) is 1. The summed E-state index contributed by atoms with van der Waals surface area (Å²) >= 11 is 0. The van der Waals surface area contributed by atoms with Crippen LogP contribution in [0.1, 0.15) is 63.0 Å². The standard InChI is InChI=1S/C16H25N3O/c20-16(14-9-13(14)15-10-17-11-19-15)18-8-4-7-12-5-2-1-3-6-12/h10-14H,1-9H2,(H,17,19)(H,18,20). The molecule has 0 aliphatic heterocycles. The smallest absolute Gasteiger partial charge is 0.223 e. The quantitative estimate of drug-likeness (QED) is 0.784. The highest BCUT2D eigenvalue weighted by Gasteiger charge is 2.44.